The van der Waals surface area contributed by atoms with Gasteiger partial charge in [0, 0.05) is 10.9 Å². The monoisotopic (exact) mass is 324 g/mol. The van der Waals surface area contributed by atoms with Crippen LogP contribution in [-0.2, 0) is 20.8 Å². The van der Waals surface area contributed by atoms with Gasteiger partial charge < -0.3 is 5.32 Å². The zero-order valence-corrected chi connectivity index (χ0v) is 11.7. The van der Waals surface area contributed by atoms with Crippen molar-refractivity contribution in [3.8, 4) is 0 Å². The van der Waals surface area contributed by atoms with Gasteiger partial charge in [0.1, 0.15) is 6.04 Å². The highest BCUT2D eigenvalue weighted by atomic mass is 79.9. The number of carbonyl (C=O) groups is 3. The Morgan fingerprint density at radius 2 is 2.00 bits per heavy atom. The van der Waals surface area contributed by atoms with Gasteiger partial charge in [-0.05, 0) is 24.1 Å². The van der Waals surface area contributed by atoms with E-state index in [-0.39, 0.29) is 24.7 Å². The zero-order valence-electron chi connectivity index (χ0n) is 10.1. The fourth-order valence-electron chi connectivity index (χ4n) is 1.86. The molecule has 1 fully saturated rings. The molecule has 1 atom stereocenters. The molecule has 0 aliphatic carbocycles. The van der Waals surface area contributed by atoms with Crippen LogP contribution in [0.4, 0.5) is 0 Å². The Balaban J connectivity index is 1.89. The Bertz CT molecular complexity index is 513. The van der Waals surface area contributed by atoms with Crippen molar-refractivity contribution >= 4 is 33.7 Å². The molecule has 6 heteroatoms. The van der Waals surface area contributed by atoms with Crippen LogP contribution in [0.5, 0.6) is 0 Å². The number of hydrogen-bond donors (Lipinski definition) is 2. The van der Waals surface area contributed by atoms with E-state index < -0.39 is 11.9 Å². The van der Waals surface area contributed by atoms with Crippen LogP contribution in [0.15, 0.2) is 28.7 Å². The molecule has 0 aromatic heterocycles. The fourth-order valence-corrected chi connectivity index (χ4v) is 2.13. The molecule has 2 N–H and O–H groups in total. The van der Waals surface area contributed by atoms with Crippen LogP contribution >= 0.6 is 15.9 Å². The predicted octanol–water partition coefficient (Wildman–Crippen LogP) is 0.913. The second kappa shape index (κ2) is 5.97. The number of amides is 3. The highest BCUT2D eigenvalue weighted by Gasteiger charge is 2.27. The van der Waals surface area contributed by atoms with Crippen LogP contribution in [0.1, 0.15) is 18.4 Å². The minimum Gasteiger partial charge on any atom is -0.344 e. The van der Waals surface area contributed by atoms with Gasteiger partial charge >= 0.3 is 0 Å². The predicted molar refractivity (Wildman–Crippen MR) is 72.2 cm³/mol. The average Bonchev–Trinajstić information content (AvgIpc) is 2.36. The van der Waals surface area contributed by atoms with Crippen molar-refractivity contribution in [2.75, 3.05) is 0 Å². The molecule has 3 amide bonds. The Morgan fingerprint density at radius 3 is 2.63 bits per heavy atom. The largest absolute Gasteiger partial charge is 0.344 e. The van der Waals surface area contributed by atoms with E-state index in [0.29, 0.717) is 6.42 Å². The number of nitrogens with one attached hydrogen (secondary N) is 2. The SMILES string of the molecule is O=C1CC[C@H](NC(=O)Cc2ccc(Br)cc2)C(=O)N1. The molecule has 1 aliphatic heterocycles. The van der Waals surface area contributed by atoms with Crippen LogP contribution in [-0.4, -0.2) is 23.8 Å². The van der Waals surface area contributed by atoms with Crippen molar-refractivity contribution < 1.29 is 14.4 Å². The number of benzene rings is 1. The van der Waals surface area contributed by atoms with Gasteiger partial charge in [-0.2, -0.15) is 0 Å². The molecule has 1 saturated heterocycles. The van der Waals surface area contributed by atoms with E-state index in [9.17, 15) is 14.4 Å². The lowest BCUT2D eigenvalue weighted by molar-refractivity contribution is -0.137. The summed E-state index contributed by atoms with van der Waals surface area (Å²) in [7, 11) is 0. The summed E-state index contributed by atoms with van der Waals surface area (Å²) < 4.78 is 0.946. The maximum absolute atomic E-state index is 11.8. The summed E-state index contributed by atoms with van der Waals surface area (Å²) in [5.74, 6) is -0.944. The Hall–Kier alpha value is -1.69. The van der Waals surface area contributed by atoms with Gasteiger partial charge in [0.15, 0.2) is 0 Å². The van der Waals surface area contributed by atoms with Crippen LogP contribution in [0.3, 0.4) is 0 Å². The molecular formula is C13H13BrN2O3. The first-order valence-corrected chi connectivity index (χ1v) is 6.71. The first kappa shape index (κ1) is 13.7. The van der Waals surface area contributed by atoms with Crippen molar-refractivity contribution in [3.63, 3.8) is 0 Å². The molecule has 0 radical (unpaired) electrons. The minimum absolute atomic E-state index is 0.213. The maximum Gasteiger partial charge on any atom is 0.249 e. The molecule has 0 saturated carbocycles. The number of imide groups is 1. The minimum atomic E-state index is -0.611. The summed E-state index contributed by atoms with van der Waals surface area (Å²) in [5, 5.41) is 4.84. The summed E-state index contributed by atoms with van der Waals surface area (Å²) in [6, 6.07) is 6.78. The van der Waals surface area contributed by atoms with Gasteiger partial charge in [0.25, 0.3) is 0 Å². The quantitative estimate of drug-likeness (QED) is 0.812. The number of halogens is 1. The van der Waals surface area contributed by atoms with E-state index in [1.807, 2.05) is 24.3 Å². The first-order valence-electron chi connectivity index (χ1n) is 5.92. The van der Waals surface area contributed by atoms with E-state index in [0.717, 1.165) is 10.0 Å². The van der Waals surface area contributed by atoms with E-state index in [4.69, 9.17) is 0 Å². The Kier molecular flexibility index (Phi) is 4.31. The highest BCUT2D eigenvalue weighted by Crippen LogP contribution is 2.11. The van der Waals surface area contributed by atoms with Gasteiger partial charge in [0.05, 0.1) is 6.42 Å². The molecule has 1 heterocycles. The van der Waals surface area contributed by atoms with Crippen molar-refractivity contribution in [2.45, 2.75) is 25.3 Å². The van der Waals surface area contributed by atoms with Crippen molar-refractivity contribution in [1.82, 2.24) is 10.6 Å². The van der Waals surface area contributed by atoms with Gasteiger partial charge in [-0.25, -0.2) is 0 Å². The number of piperidine rings is 1. The molecule has 1 aliphatic rings. The lowest BCUT2D eigenvalue weighted by atomic mass is 10.1. The summed E-state index contributed by atoms with van der Waals surface area (Å²) in [5.41, 5.74) is 0.869. The highest BCUT2D eigenvalue weighted by molar-refractivity contribution is 9.10. The summed E-state index contributed by atoms with van der Waals surface area (Å²) >= 11 is 3.32. The zero-order chi connectivity index (χ0) is 13.8. The Labute approximate surface area is 118 Å². The summed E-state index contributed by atoms with van der Waals surface area (Å²) in [6.45, 7) is 0. The molecule has 19 heavy (non-hydrogen) atoms. The van der Waals surface area contributed by atoms with Crippen LogP contribution < -0.4 is 10.6 Å². The molecule has 1 aromatic rings. The average molecular weight is 325 g/mol. The van der Waals surface area contributed by atoms with E-state index >= 15 is 0 Å². The summed E-state index contributed by atoms with van der Waals surface area (Å²) in [4.78, 5) is 34.3. The van der Waals surface area contributed by atoms with E-state index in [1.54, 1.807) is 0 Å². The van der Waals surface area contributed by atoms with Gasteiger partial charge in [-0.15, -0.1) is 0 Å². The molecule has 2 rings (SSSR count). The van der Waals surface area contributed by atoms with Gasteiger partial charge in [-0.1, -0.05) is 28.1 Å². The van der Waals surface area contributed by atoms with Crippen LogP contribution in [0.2, 0.25) is 0 Å². The lowest BCUT2D eigenvalue weighted by Gasteiger charge is -2.21. The van der Waals surface area contributed by atoms with Crippen LogP contribution in [0, 0.1) is 0 Å². The third kappa shape index (κ3) is 3.89. The topological polar surface area (TPSA) is 75.3 Å². The molecule has 0 spiro atoms. The molecular weight excluding hydrogens is 312 g/mol. The molecule has 0 unspecified atom stereocenters. The fraction of sp³-hybridized carbons (Fsp3) is 0.308. The third-order valence-electron chi connectivity index (χ3n) is 2.85. The second-order valence-corrected chi connectivity index (χ2v) is 5.29. The number of carbonyl (C=O) groups excluding carboxylic acids is 3. The third-order valence-corrected chi connectivity index (χ3v) is 3.38. The Morgan fingerprint density at radius 1 is 1.32 bits per heavy atom. The normalized spacial score (nSPS) is 18.9. The van der Waals surface area contributed by atoms with E-state index in [1.165, 1.54) is 0 Å². The standard InChI is InChI=1S/C13H13BrN2O3/c14-9-3-1-8(2-4-9)7-12(18)15-10-5-6-11(17)16-13(10)19/h1-4,10H,5-7H2,(H,15,18)(H,16,17,19)/t10-/m0/s1. The maximum atomic E-state index is 11.8. The van der Waals surface area contributed by atoms with E-state index in [2.05, 4.69) is 26.6 Å². The van der Waals surface area contributed by atoms with Gasteiger partial charge in [0.2, 0.25) is 17.7 Å². The molecule has 5 nitrogen and oxygen atoms in total. The number of hydrogen-bond acceptors (Lipinski definition) is 3. The van der Waals surface area contributed by atoms with Crippen molar-refractivity contribution in [2.24, 2.45) is 0 Å². The lowest BCUT2D eigenvalue weighted by Crippen LogP contribution is -2.52. The smallest absolute Gasteiger partial charge is 0.249 e. The first-order chi connectivity index (χ1) is 9.04. The molecule has 1 aromatic carbocycles. The van der Waals surface area contributed by atoms with Crippen molar-refractivity contribution in [1.29, 1.82) is 0 Å². The number of rotatable bonds is 3. The summed E-state index contributed by atoms with van der Waals surface area (Å²) in [6.07, 6.45) is 0.830. The molecule has 0 bridgehead atoms. The molecule has 100 valence electrons. The van der Waals surface area contributed by atoms with Crippen molar-refractivity contribution in [3.05, 3.63) is 34.3 Å². The second-order valence-electron chi connectivity index (χ2n) is 4.37. The van der Waals surface area contributed by atoms with Crippen LogP contribution in [0.25, 0.3) is 0 Å². The van der Waals surface area contributed by atoms with Gasteiger partial charge in [-0.3, -0.25) is 19.7 Å².